The predicted octanol–water partition coefficient (Wildman–Crippen LogP) is 5.94. The second-order valence-corrected chi connectivity index (χ2v) is 17.0. The van der Waals surface area contributed by atoms with Crippen LogP contribution in [0.3, 0.4) is 0 Å². The molecule has 0 bridgehead atoms. The number of hydrogen-bond acceptors (Lipinski definition) is 6. The zero-order chi connectivity index (χ0) is 33.7. The van der Waals surface area contributed by atoms with E-state index in [-0.39, 0.29) is 28.8 Å². The van der Waals surface area contributed by atoms with Gasteiger partial charge in [-0.05, 0) is 70.9 Å². The molecular weight excluding hydrogens is 647 g/mol. The lowest BCUT2D eigenvalue weighted by atomic mass is 9.60. The van der Waals surface area contributed by atoms with E-state index < -0.39 is 0 Å². The summed E-state index contributed by atoms with van der Waals surface area (Å²) in [5.41, 5.74) is 4.17. The van der Waals surface area contributed by atoms with Crippen molar-refractivity contribution in [1.82, 2.24) is 34.7 Å². The summed E-state index contributed by atoms with van der Waals surface area (Å²) in [6, 6.07) is 2.10. The number of fused-ring (bicyclic) bond motifs is 1. The highest BCUT2D eigenvalue weighted by molar-refractivity contribution is 6.45. The molecule has 2 spiro atoms. The van der Waals surface area contributed by atoms with Crippen LogP contribution < -0.4 is 4.90 Å². The van der Waals surface area contributed by atoms with Gasteiger partial charge in [-0.1, -0.05) is 29.8 Å². The Kier molecular flexibility index (Phi) is 7.51. The van der Waals surface area contributed by atoms with Gasteiger partial charge in [0.1, 0.15) is 0 Å². The predicted molar refractivity (Wildman–Crippen MR) is 189 cm³/mol. The summed E-state index contributed by atoms with van der Waals surface area (Å²) in [5, 5.41) is 14.8. The fourth-order valence-corrected chi connectivity index (χ4v) is 10.4. The zero-order valence-corrected chi connectivity index (χ0v) is 30.0. The summed E-state index contributed by atoms with van der Waals surface area (Å²) >= 11 is 13.8. The Morgan fingerprint density at radius 1 is 1.04 bits per heavy atom. The molecule has 3 aromatic rings. The number of nitrogens with zero attached hydrogens (tertiary/aromatic N) is 7. The van der Waals surface area contributed by atoms with E-state index in [1.165, 1.54) is 6.08 Å². The highest BCUT2D eigenvalue weighted by Crippen LogP contribution is 2.56. The van der Waals surface area contributed by atoms with Crippen LogP contribution in [-0.4, -0.2) is 104 Å². The Morgan fingerprint density at radius 3 is 2.44 bits per heavy atom. The number of hydrogen-bond donors (Lipinski definition) is 1. The summed E-state index contributed by atoms with van der Waals surface area (Å²) in [7, 11) is 0. The second-order valence-electron chi connectivity index (χ2n) is 16.3. The molecule has 2 amide bonds. The van der Waals surface area contributed by atoms with Crippen LogP contribution in [0.25, 0.3) is 22.0 Å². The standard InChI is InChI=1S/C36H46Cl2N8O2/c1-6-29(48)44-20-36(21-44)13-25(14-36)46-22(2)30(31-26-15-39-40-28(26)11-27(37)32(31)38)33(41-46)45-9-7-24(12-34(45,4)5)16-42-17-35(18-42)8-10-43(19-35)23(3)47/h6,11,15,24-25H,1,7-10,12-14,16-21H2,2-5H3,(H,39,40)/t24-/m1/s1. The Labute approximate surface area is 292 Å². The number of carbonyl (C=O) groups is 2. The lowest BCUT2D eigenvalue weighted by Crippen LogP contribution is -2.63. The second kappa shape index (κ2) is 11.2. The van der Waals surface area contributed by atoms with E-state index in [1.807, 2.05) is 22.1 Å². The first kappa shape index (κ1) is 32.1. The van der Waals surface area contributed by atoms with Crippen molar-refractivity contribution in [2.24, 2.45) is 16.7 Å². The molecule has 0 unspecified atom stereocenters. The number of benzene rings is 1. The molecule has 256 valence electrons. The van der Waals surface area contributed by atoms with Crippen LogP contribution >= 0.6 is 23.2 Å². The molecule has 1 aliphatic carbocycles. The van der Waals surface area contributed by atoms with Gasteiger partial charge >= 0.3 is 0 Å². The monoisotopic (exact) mass is 692 g/mol. The number of amides is 2. The number of piperidine rings is 1. The van der Waals surface area contributed by atoms with Crippen LogP contribution in [0.4, 0.5) is 5.82 Å². The van der Waals surface area contributed by atoms with E-state index in [0.29, 0.717) is 21.4 Å². The minimum atomic E-state index is -0.133. The smallest absolute Gasteiger partial charge is 0.245 e. The van der Waals surface area contributed by atoms with Crippen LogP contribution in [0.5, 0.6) is 0 Å². The summed E-state index contributed by atoms with van der Waals surface area (Å²) in [6.45, 7) is 19.8. The van der Waals surface area contributed by atoms with Crippen molar-refractivity contribution >= 4 is 51.7 Å². The fraction of sp³-hybridized carbons (Fsp3) is 0.611. The topological polar surface area (TPSA) is 93.6 Å². The van der Waals surface area contributed by atoms with Crippen molar-refractivity contribution < 1.29 is 9.59 Å². The number of carbonyl (C=O) groups excluding carboxylic acids is 2. The SMILES string of the molecule is C=CC(=O)N1CC2(CC(n3nc(N4CC[C@@H](CN5CC6(CCN(C(C)=O)C6)C5)CC4(C)C)c(-c4c(Cl)c(Cl)cc5[nH]ncc45)c3C)C2)C1. The highest BCUT2D eigenvalue weighted by atomic mass is 35.5. The number of H-pyrrole nitrogens is 1. The van der Waals surface area contributed by atoms with Crippen LogP contribution in [0, 0.1) is 23.7 Å². The molecular formula is C36H46Cl2N8O2. The Morgan fingerprint density at radius 2 is 1.77 bits per heavy atom. The molecule has 8 rings (SSSR count). The van der Waals surface area contributed by atoms with Crippen molar-refractivity contribution in [2.45, 2.75) is 71.4 Å². The van der Waals surface area contributed by atoms with Crippen molar-refractivity contribution in [3.8, 4) is 11.1 Å². The van der Waals surface area contributed by atoms with Gasteiger partial charge in [-0.2, -0.15) is 10.2 Å². The molecule has 4 saturated heterocycles. The number of aromatic amines is 1. The minimum absolute atomic E-state index is 0.0149. The maximum absolute atomic E-state index is 12.1. The van der Waals surface area contributed by atoms with E-state index >= 15 is 0 Å². The molecule has 1 N–H and O–H groups in total. The summed E-state index contributed by atoms with van der Waals surface area (Å²) in [5.74, 6) is 1.77. The molecule has 12 heteroatoms. The molecule has 1 atom stereocenters. The van der Waals surface area contributed by atoms with Crippen LogP contribution in [0.2, 0.25) is 10.0 Å². The largest absolute Gasteiger partial charge is 0.349 e. The Balaban J connectivity index is 1.06. The van der Waals surface area contributed by atoms with Gasteiger partial charge in [0.25, 0.3) is 0 Å². The third-order valence-corrected chi connectivity index (χ3v) is 13.1. The van der Waals surface area contributed by atoms with E-state index in [9.17, 15) is 9.59 Å². The van der Waals surface area contributed by atoms with Crippen molar-refractivity contribution in [3.63, 3.8) is 0 Å². The summed E-state index contributed by atoms with van der Waals surface area (Å²) < 4.78 is 2.23. The van der Waals surface area contributed by atoms with Gasteiger partial charge in [-0.3, -0.25) is 19.4 Å². The third kappa shape index (κ3) is 5.07. The number of nitrogens with one attached hydrogen (secondary N) is 1. The van der Waals surface area contributed by atoms with Crippen LogP contribution in [0.15, 0.2) is 24.9 Å². The van der Waals surface area contributed by atoms with E-state index in [2.05, 4.69) is 52.0 Å². The van der Waals surface area contributed by atoms with Crippen molar-refractivity contribution in [3.05, 3.63) is 40.7 Å². The number of likely N-dealkylation sites (tertiary alicyclic amines) is 3. The van der Waals surface area contributed by atoms with Crippen molar-refractivity contribution in [1.29, 1.82) is 0 Å². The van der Waals surface area contributed by atoms with Gasteiger partial charge in [0, 0.05) is 97.9 Å². The molecule has 5 aliphatic rings. The minimum Gasteiger partial charge on any atom is -0.349 e. The Bertz CT molecular complexity index is 1810. The summed E-state index contributed by atoms with van der Waals surface area (Å²) in [6.07, 6.45) is 8.50. The van der Waals surface area contributed by atoms with E-state index in [4.69, 9.17) is 28.3 Å². The van der Waals surface area contributed by atoms with Gasteiger partial charge in [0.2, 0.25) is 11.8 Å². The molecule has 48 heavy (non-hydrogen) atoms. The lowest BCUT2D eigenvalue weighted by molar-refractivity contribution is -0.149. The van der Waals surface area contributed by atoms with Gasteiger partial charge in [0.05, 0.1) is 27.8 Å². The maximum Gasteiger partial charge on any atom is 0.245 e. The molecule has 5 fully saturated rings. The van der Waals surface area contributed by atoms with E-state index in [0.717, 1.165) is 118 Å². The fourth-order valence-electron chi connectivity index (χ4n) is 9.98. The first-order valence-electron chi connectivity index (χ1n) is 17.4. The number of rotatable bonds is 6. The number of halogens is 2. The normalized spacial score (nSPS) is 24.6. The van der Waals surface area contributed by atoms with Crippen LogP contribution in [-0.2, 0) is 9.59 Å². The first-order valence-corrected chi connectivity index (χ1v) is 18.1. The van der Waals surface area contributed by atoms with Gasteiger partial charge in [0.15, 0.2) is 5.82 Å². The van der Waals surface area contributed by atoms with Crippen molar-refractivity contribution in [2.75, 3.05) is 57.3 Å². The van der Waals surface area contributed by atoms with Gasteiger partial charge in [-0.15, -0.1) is 0 Å². The first-order chi connectivity index (χ1) is 22.8. The quantitative estimate of drug-likeness (QED) is 0.322. The summed E-state index contributed by atoms with van der Waals surface area (Å²) in [4.78, 5) is 33.1. The molecule has 1 saturated carbocycles. The Hall–Kier alpha value is -3.08. The molecule has 1 aromatic carbocycles. The maximum atomic E-state index is 12.1. The zero-order valence-electron chi connectivity index (χ0n) is 28.5. The van der Waals surface area contributed by atoms with Gasteiger partial charge < -0.3 is 19.6 Å². The van der Waals surface area contributed by atoms with E-state index in [1.54, 1.807) is 6.92 Å². The molecule has 6 heterocycles. The number of aromatic nitrogens is 4. The number of anilines is 1. The molecule has 4 aliphatic heterocycles. The van der Waals surface area contributed by atoms with Crippen LogP contribution in [0.1, 0.15) is 64.6 Å². The average molecular weight is 694 g/mol. The highest BCUT2D eigenvalue weighted by Gasteiger charge is 2.55. The lowest BCUT2D eigenvalue weighted by Gasteiger charge is -2.58. The molecule has 10 nitrogen and oxygen atoms in total. The van der Waals surface area contributed by atoms with Gasteiger partial charge in [-0.25, -0.2) is 0 Å². The third-order valence-electron chi connectivity index (χ3n) is 12.3. The molecule has 2 aromatic heterocycles. The molecule has 0 radical (unpaired) electrons. The average Bonchev–Trinajstić information content (AvgIpc) is 3.70.